The van der Waals surface area contributed by atoms with Gasteiger partial charge in [0, 0.05) is 18.5 Å². The van der Waals surface area contributed by atoms with E-state index in [-0.39, 0.29) is 5.41 Å². The zero-order chi connectivity index (χ0) is 18.4. The van der Waals surface area contributed by atoms with E-state index in [9.17, 15) is 5.11 Å². The number of benzene rings is 2. The lowest BCUT2D eigenvalue weighted by atomic mass is 9.53. The lowest BCUT2D eigenvalue weighted by molar-refractivity contribution is 0.0796. The van der Waals surface area contributed by atoms with Gasteiger partial charge in [-0.2, -0.15) is 0 Å². The van der Waals surface area contributed by atoms with E-state index in [0.717, 1.165) is 35.9 Å². The third-order valence-corrected chi connectivity index (χ3v) is 7.22. The van der Waals surface area contributed by atoms with Gasteiger partial charge in [-0.15, -0.1) is 0 Å². The van der Waals surface area contributed by atoms with E-state index in [0.29, 0.717) is 11.8 Å². The highest BCUT2D eigenvalue weighted by atomic mass is 16.3. The Kier molecular flexibility index (Phi) is 4.05. The summed E-state index contributed by atoms with van der Waals surface area (Å²) in [5.41, 5.74) is 5.93. The standard InChI is InChI=1S/C23H29N3O/c1-24-18-7-2-3-8-19(18)26-21-13-15-12-20-16-6-4-5-9-23(16,10-11-25-20)17(15)14-22(21)27/h2-3,7-8,13-14,16,20,24-27H,4-6,9-12H2,1H3/t16-,20+,23+/m0/s1. The molecule has 2 bridgehead atoms. The molecule has 3 aliphatic rings. The normalized spacial score (nSPS) is 28.8. The van der Waals surface area contributed by atoms with Crippen molar-refractivity contribution < 1.29 is 5.11 Å². The summed E-state index contributed by atoms with van der Waals surface area (Å²) in [6, 6.07) is 13.0. The first-order chi connectivity index (χ1) is 13.2. The van der Waals surface area contributed by atoms with E-state index in [1.807, 2.05) is 31.3 Å². The van der Waals surface area contributed by atoms with E-state index in [4.69, 9.17) is 0 Å². The number of para-hydroxylation sites is 2. The van der Waals surface area contributed by atoms with Gasteiger partial charge >= 0.3 is 0 Å². The molecule has 0 spiro atoms. The van der Waals surface area contributed by atoms with Crippen molar-refractivity contribution in [3.05, 3.63) is 47.5 Å². The van der Waals surface area contributed by atoms with Crippen LogP contribution in [0.3, 0.4) is 0 Å². The predicted octanol–water partition coefficient (Wildman–Crippen LogP) is 4.52. The third-order valence-electron chi connectivity index (χ3n) is 7.22. The maximum atomic E-state index is 10.9. The summed E-state index contributed by atoms with van der Waals surface area (Å²) in [5.74, 6) is 1.10. The Hall–Kier alpha value is -2.20. The molecule has 1 saturated heterocycles. The van der Waals surface area contributed by atoms with E-state index in [1.165, 1.54) is 43.2 Å². The minimum atomic E-state index is 0.278. The summed E-state index contributed by atoms with van der Waals surface area (Å²) in [4.78, 5) is 0. The van der Waals surface area contributed by atoms with E-state index in [1.54, 1.807) is 0 Å². The second kappa shape index (κ2) is 6.45. The Labute approximate surface area is 161 Å². The SMILES string of the molecule is CNc1ccccc1Nc1cc2c(cc1O)[C@@]13CCCC[C@H]1[C@@H](C2)NCC3. The number of hydrogen-bond acceptors (Lipinski definition) is 4. The lowest BCUT2D eigenvalue weighted by Crippen LogP contribution is -2.59. The van der Waals surface area contributed by atoms with Crippen molar-refractivity contribution in [2.75, 3.05) is 24.2 Å². The molecule has 4 N–H and O–H groups in total. The molecule has 4 nitrogen and oxygen atoms in total. The van der Waals surface area contributed by atoms with Crippen LogP contribution >= 0.6 is 0 Å². The van der Waals surface area contributed by atoms with Crippen molar-refractivity contribution in [3.8, 4) is 5.75 Å². The largest absolute Gasteiger partial charge is 0.506 e. The maximum absolute atomic E-state index is 10.9. The van der Waals surface area contributed by atoms with E-state index in [2.05, 4.69) is 28.1 Å². The molecule has 0 radical (unpaired) electrons. The first kappa shape index (κ1) is 16.9. The molecule has 4 heteroatoms. The third kappa shape index (κ3) is 2.61. The number of phenols is 1. The molecule has 1 aliphatic heterocycles. The average molecular weight is 364 g/mol. The van der Waals surface area contributed by atoms with Crippen LogP contribution in [-0.4, -0.2) is 24.7 Å². The number of aromatic hydroxyl groups is 1. The number of hydrogen-bond donors (Lipinski definition) is 4. The molecule has 1 heterocycles. The summed E-state index contributed by atoms with van der Waals surface area (Å²) in [6.45, 7) is 1.11. The molecule has 2 aliphatic carbocycles. The van der Waals surface area contributed by atoms with Gasteiger partial charge in [0.2, 0.25) is 0 Å². The lowest BCUT2D eigenvalue weighted by Gasteiger charge is -2.56. The zero-order valence-electron chi connectivity index (χ0n) is 16.0. The number of piperidine rings is 1. The molecule has 142 valence electrons. The summed E-state index contributed by atoms with van der Waals surface area (Å²) in [7, 11) is 1.92. The molecule has 2 aromatic carbocycles. The van der Waals surface area contributed by atoms with Crippen molar-refractivity contribution in [2.24, 2.45) is 5.92 Å². The molecular weight excluding hydrogens is 334 g/mol. The molecule has 27 heavy (non-hydrogen) atoms. The van der Waals surface area contributed by atoms with Gasteiger partial charge in [-0.3, -0.25) is 0 Å². The van der Waals surface area contributed by atoms with Gasteiger partial charge < -0.3 is 21.1 Å². The van der Waals surface area contributed by atoms with Crippen LogP contribution in [0.1, 0.15) is 43.2 Å². The van der Waals surface area contributed by atoms with E-state index < -0.39 is 0 Å². The fraction of sp³-hybridized carbons (Fsp3) is 0.478. The van der Waals surface area contributed by atoms with Gasteiger partial charge in [-0.05, 0) is 73.5 Å². The van der Waals surface area contributed by atoms with Crippen molar-refractivity contribution in [2.45, 2.75) is 50.0 Å². The smallest absolute Gasteiger partial charge is 0.139 e. The molecule has 1 saturated carbocycles. The number of phenolic OH excluding ortho intramolecular Hbond substituents is 1. The summed E-state index contributed by atoms with van der Waals surface area (Å²) >= 11 is 0. The monoisotopic (exact) mass is 363 g/mol. The number of rotatable bonds is 3. The van der Waals surface area contributed by atoms with Gasteiger partial charge in [0.15, 0.2) is 0 Å². The first-order valence-electron chi connectivity index (χ1n) is 10.3. The predicted molar refractivity (Wildman–Crippen MR) is 111 cm³/mol. The Morgan fingerprint density at radius 1 is 1.07 bits per heavy atom. The van der Waals surface area contributed by atoms with Crippen LogP contribution in [0.25, 0.3) is 0 Å². The number of fused-ring (bicyclic) bond motifs is 1. The molecular formula is C23H29N3O. The molecule has 2 fully saturated rings. The second-order valence-electron chi connectivity index (χ2n) is 8.47. The highest BCUT2D eigenvalue weighted by Gasteiger charge is 2.51. The topological polar surface area (TPSA) is 56.3 Å². The molecule has 0 unspecified atom stereocenters. The van der Waals surface area contributed by atoms with Gasteiger partial charge in [-0.1, -0.05) is 25.0 Å². The van der Waals surface area contributed by atoms with Crippen LogP contribution in [0.2, 0.25) is 0 Å². The van der Waals surface area contributed by atoms with Crippen molar-refractivity contribution in [1.29, 1.82) is 0 Å². The van der Waals surface area contributed by atoms with Gasteiger partial charge in [0.1, 0.15) is 5.75 Å². The Morgan fingerprint density at radius 3 is 2.78 bits per heavy atom. The molecule has 5 rings (SSSR count). The Morgan fingerprint density at radius 2 is 1.93 bits per heavy atom. The van der Waals surface area contributed by atoms with E-state index >= 15 is 0 Å². The maximum Gasteiger partial charge on any atom is 0.139 e. The zero-order valence-corrected chi connectivity index (χ0v) is 16.0. The van der Waals surface area contributed by atoms with Gasteiger partial charge in [-0.25, -0.2) is 0 Å². The van der Waals surface area contributed by atoms with Crippen LogP contribution in [0.15, 0.2) is 36.4 Å². The molecule has 3 atom stereocenters. The van der Waals surface area contributed by atoms with Crippen LogP contribution in [0.5, 0.6) is 5.75 Å². The quantitative estimate of drug-likeness (QED) is 0.606. The van der Waals surface area contributed by atoms with Crippen molar-refractivity contribution in [1.82, 2.24) is 5.32 Å². The first-order valence-corrected chi connectivity index (χ1v) is 10.3. The van der Waals surface area contributed by atoms with Crippen LogP contribution in [-0.2, 0) is 11.8 Å². The second-order valence-corrected chi connectivity index (χ2v) is 8.47. The van der Waals surface area contributed by atoms with Crippen molar-refractivity contribution >= 4 is 17.1 Å². The summed E-state index contributed by atoms with van der Waals surface area (Å²) in [5, 5.41) is 21.3. The number of anilines is 3. The summed E-state index contributed by atoms with van der Waals surface area (Å²) < 4.78 is 0. The fourth-order valence-electron chi connectivity index (χ4n) is 6.03. The minimum absolute atomic E-state index is 0.278. The average Bonchev–Trinajstić information content (AvgIpc) is 2.70. The van der Waals surface area contributed by atoms with Crippen LogP contribution < -0.4 is 16.0 Å². The molecule has 0 amide bonds. The highest BCUT2D eigenvalue weighted by Crippen LogP contribution is 2.55. The van der Waals surface area contributed by atoms with Crippen LogP contribution in [0.4, 0.5) is 17.1 Å². The van der Waals surface area contributed by atoms with Crippen LogP contribution in [0, 0.1) is 5.92 Å². The minimum Gasteiger partial charge on any atom is -0.506 e. The Balaban J connectivity index is 1.56. The molecule has 2 aromatic rings. The van der Waals surface area contributed by atoms with Gasteiger partial charge in [0.05, 0.1) is 17.1 Å². The Bertz CT molecular complexity index is 861. The highest BCUT2D eigenvalue weighted by molar-refractivity contribution is 5.77. The number of nitrogens with one attached hydrogen (secondary N) is 3. The fourth-order valence-corrected chi connectivity index (χ4v) is 6.03. The van der Waals surface area contributed by atoms with Gasteiger partial charge in [0.25, 0.3) is 0 Å². The summed E-state index contributed by atoms with van der Waals surface area (Å²) in [6.07, 6.45) is 7.55. The van der Waals surface area contributed by atoms with Crippen molar-refractivity contribution in [3.63, 3.8) is 0 Å². The molecule has 0 aromatic heterocycles.